The van der Waals surface area contributed by atoms with Gasteiger partial charge in [0.1, 0.15) is 12.4 Å². The van der Waals surface area contributed by atoms with Crippen LogP contribution in [0.4, 0.5) is 19.0 Å². The van der Waals surface area contributed by atoms with Crippen LogP contribution >= 0.6 is 0 Å². The Morgan fingerprint density at radius 3 is 2.71 bits per heavy atom. The summed E-state index contributed by atoms with van der Waals surface area (Å²) in [4.78, 5) is 16.2. The van der Waals surface area contributed by atoms with Crippen LogP contribution in [0, 0.1) is 0 Å². The van der Waals surface area contributed by atoms with E-state index in [2.05, 4.69) is 10.3 Å². The molecule has 0 atom stereocenters. The zero-order chi connectivity index (χ0) is 13.1. The molecule has 0 fully saturated rings. The molecule has 0 saturated carbocycles. The van der Waals surface area contributed by atoms with Crippen molar-refractivity contribution >= 4 is 11.7 Å². The molecule has 0 bridgehead atoms. The molecular weight excluding hydrogens is 235 g/mol. The molecule has 0 aliphatic heterocycles. The van der Waals surface area contributed by atoms with E-state index in [-0.39, 0.29) is 5.56 Å². The van der Waals surface area contributed by atoms with Gasteiger partial charge in [-0.3, -0.25) is 4.79 Å². The van der Waals surface area contributed by atoms with Crippen molar-refractivity contribution in [2.24, 2.45) is 0 Å². The van der Waals surface area contributed by atoms with Gasteiger partial charge in [-0.1, -0.05) is 0 Å². The van der Waals surface area contributed by atoms with Crippen LogP contribution in [0.2, 0.25) is 0 Å². The number of nitrogens with one attached hydrogen (secondary N) is 1. The second kappa shape index (κ2) is 5.03. The summed E-state index contributed by atoms with van der Waals surface area (Å²) in [7, 11) is 2.71. The van der Waals surface area contributed by atoms with Crippen molar-refractivity contribution in [3.63, 3.8) is 0 Å². The van der Waals surface area contributed by atoms with E-state index in [9.17, 15) is 18.0 Å². The predicted molar refractivity (Wildman–Crippen MR) is 56.8 cm³/mol. The third-order valence-electron chi connectivity index (χ3n) is 2.03. The summed E-state index contributed by atoms with van der Waals surface area (Å²) in [5.41, 5.74) is 0.163. The largest absolute Gasteiger partial charge is 0.406 e. The van der Waals surface area contributed by atoms with Gasteiger partial charge in [0.05, 0.1) is 0 Å². The molecule has 0 radical (unpaired) electrons. The van der Waals surface area contributed by atoms with Gasteiger partial charge in [0, 0.05) is 25.9 Å². The van der Waals surface area contributed by atoms with Gasteiger partial charge in [-0.25, -0.2) is 4.98 Å². The molecule has 1 rings (SSSR count). The van der Waals surface area contributed by atoms with Gasteiger partial charge in [-0.2, -0.15) is 13.2 Å². The van der Waals surface area contributed by atoms with Crippen molar-refractivity contribution < 1.29 is 18.0 Å². The first-order valence-corrected chi connectivity index (χ1v) is 4.79. The number of hydrogen-bond donors (Lipinski definition) is 1. The predicted octanol–water partition coefficient (Wildman–Crippen LogP) is 1.76. The Hall–Kier alpha value is -1.79. The highest BCUT2D eigenvalue weighted by Crippen LogP contribution is 2.17. The number of alkyl halides is 3. The molecule has 0 unspecified atom stereocenters. The highest BCUT2D eigenvalue weighted by atomic mass is 19.4. The topological polar surface area (TPSA) is 45.2 Å². The summed E-state index contributed by atoms with van der Waals surface area (Å²) in [5, 5.41) is 2.71. The Bertz CT molecular complexity index is 406. The number of halogens is 3. The Morgan fingerprint density at radius 1 is 1.53 bits per heavy atom. The average Bonchev–Trinajstić information content (AvgIpc) is 2.26. The number of carbonyl (C=O) groups is 1. The van der Waals surface area contributed by atoms with E-state index < -0.39 is 18.6 Å². The van der Waals surface area contributed by atoms with Gasteiger partial charge < -0.3 is 10.2 Å². The van der Waals surface area contributed by atoms with Crippen molar-refractivity contribution in [2.75, 3.05) is 26.0 Å². The van der Waals surface area contributed by atoms with E-state index in [1.165, 1.54) is 18.3 Å². The lowest BCUT2D eigenvalue weighted by molar-refractivity contribution is -0.138. The van der Waals surface area contributed by atoms with Gasteiger partial charge in [0.15, 0.2) is 0 Å². The maximum atomic E-state index is 12.1. The molecule has 7 heteroatoms. The molecule has 0 saturated heterocycles. The normalized spacial score (nSPS) is 11.1. The number of aromatic nitrogens is 1. The molecule has 0 aliphatic carbocycles. The van der Waals surface area contributed by atoms with Gasteiger partial charge >= 0.3 is 6.18 Å². The van der Waals surface area contributed by atoms with E-state index in [1.807, 2.05) is 0 Å². The van der Waals surface area contributed by atoms with Crippen LogP contribution in [0.15, 0.2) is 18.3 Å². The second-order valence-corrected chi connectivity index (χ2v) is 3.46. The molecule has 1 aromatic rings. The highest BCUT2D eigenvalue weighted by Gasteiger charge is 2.31. The average molecular weight is 247 g/mol. The van der Waals surface area contributed by atoms with E-state index in [1.54, 1.807) is 7.05 Å². The van der Waals surface area contributed by atoms with Crippen LogP contribution in [0.3, 0.4) is 0 Å². The fourth-order valence-corrected chi connectivity index (χ4v) is 1.26. The van der Waals surface area contributed by atoms with Crippen LogP contribution in [-0.4, -0.2) is 42.6 Å². The summed E-state index contributed by atoms with van der Waals surface area (Å²) in [5.74, 6) is -0.266. The molecule has 17 heavy (non-hydrogen) atoms. The minimum atomic E-state index is -4.40. The third-order valence-corrected chi connectivity index (χ3v) is 2.03. The fraction of sp³-hybridized carbons (Fsp3) is 0.400. The van der Waals surface area contributed by atoms with E-state index in [0.717, 1.165) is 7.05 Å². The van der Waals surface area contributed by atoms with Crippen molar-refractivity contribution in [1.29, 1.82) is 0 Å². The van der Waals surface area contributed by atoms with Crippen molar-refractivity contribution in [1.82, 2.24) is 9.88 Å². The van der Waals surface area contributed by atoms with Crippen LogP contribution < -0.4 is 5.32 Å². The lowest BCUT2D eigenvalue weighted by atomic mass is 10.2. The second-order valence-electron chi connectivity index (χ2n) is 3.46. The molecule has 0 aromatic carbocycles. The fourth-order valence-electron chi connectivity index (χ4n) is 1.26. The Kier molecular flexibility index (Phi) is 3.93. The first-order chi connectivity index (χ1) is 7.83. The summed E-state index contributed by atoms with van der Waals surface area (Å²) >= 11 is 0. The van der Waals surface area contributed by atoms with Gasteiger partial charge in [0.2, 0.25) is 0 Å². The molecule has 1 heterocycles. The van der Waals surface area contributed by atoms with Crippen LogP contribution in [-0.2, 0) is 0 Å². The number of carbonyl (C=O) groups excluding carboxylic acids is 1. The minimum Gasteiger partial charge on any atom is -0.373 e. The minimum absolute atomic E-state index is 0.163. The summed E-state index contributed by atoms with van der Waals surface area (Å²) in [6.45, 7) is -1.27. The molecular formula is C10H12F3N3O. The maximum absolute atomic E-state index is 12.1. The highest BCUT2D eigenvalue weighted by molar-refractivity contribution is 5.94. The monoisotopic (exact) mass is 247 g/mol. The molecule has 1 aromatic heterocycles. The van der Waals surface area contributed by atoms with E-state index in [0.29, 0.717) is 10.7 Å². The van der Waals surface area contributed by atoms with Crippen LogP contribution in [0.5, 0.6) is 0 Å². The Morgan fingerprint density at radius 2 is 2.18 bits per heavy atom. The molecule has 1 amide bonds. The maximum Gasteiger partial charge on any atom is 0.406 e. The molecule has 94 valence electrons. The quantitative estimate of drug-likeness (QED) is 0.885. The van der Waals surface area contributed by atoms with E-state index >= 15 is 0 Å². The van der Waals surface area contributed by atoms with Crippen molar-refractivity contribution in [3.8, 4) is 0 Å². The molecule has 0 spiro atoms. The van der Waals surface area contributed by atoms with Crippen molar-refractivity contribution in [2.45, 2.75) is 6.18 Å². The van der Waals surface area contributed by atoms with Gasteiger partial charge in [-0.05, 0) is 12.1 Å². The zero-order valence-electron chi connectivity index (χ0n) is 9.38. The van der Waals surface area contributed by atoms with Crippen LogP contribution in [0.25, 0.3) is 0 Å². The Labute approximate surface area is 96.4 Å². The number of rotatable bonds is 3. The summed E-state index contributed by atoms with van der Waals surface area (Å²) in [6.07, 6.45) is -3.04. The standard InChI is InChI=1S/C10H12F3N3O/c1-14-8-5-7(3-4-15-8)9(17)16(2)6-10(11,12)13/h3-5H,6H2,1-2H3,(H,14,15). The lowest BCUT2D eigenvalue weighted by Crippen LogP contribution is -2.35. The number of amides is 1. The third kappa shape index (κ3) is 3.93. The zero-order valence-corrected chi connectivity index (χ0v) is 9.38. The molecule has 4 nitrogen and oxygen atoms in total. The lowest BCUT2D eigenvalue weighted by Gasteiger charge is -2.19. The van der Waals surface area contributed by atoms with Gasteiger partial charge in [-0.15, -0.1) is 0 Å². The van der Waals surface area contributed by atoms with Gasteiger partial charge in [0.25, 0.3) is 5.91 Å². The number of anilines is 1. The Balaban J connectivity index is 2.81. The van der Waals surface area contributed by atoms with Crippen molar-refractivity contribution in [3.05, 3.63) is 23.9 Å². The number of nitrogens with zero attached hydrogens (tertiary/aromatic N) is 2. The molecule has 1 N–H and O–H groups in total. The van der Waals surface area contributed by atoms with E-state index in [4.69, 9.17) is 0 Å². The summed E-state index contributed by atoms with van der Waals surface area (Å²) < 4.78 is 36.3. The number of hydrogen-bond acceptors (Lipinski definition) is 3. The first kappa shape index (κ1) is 13.3. The first-order valence-electron chi connectivity index (χ1n) is 4.79. The molecule has 0 aliphatic rings. The number of pyridine rings is 1. The summed E-state index contributed by atoms with van der Waals surface area (Å²) in [6, 6.07) is 2.77. The smallest absolute Gasteiger partial charge is 0.373 e. The SMILES string of the molecule is CNc1cc(C(=O)N(C)CC(F)(F)F)ccn1. The van der Waals surface area contributed by atoms with Crippen LogP contribution in [0.1, 0.15) is 10.4 Å².